The van der Waals surface area contributed by atoms with Gasteiger partial charge >= 0.3 is 0 Å². The van der Waals surface area contributed by atoms with Crippen molar-refractivity contribution in [3.8, 4) is 0 Å². The molecule has 4 heteroatoms. The third-order valence-corrected chi connectivity index (χ3v) is 4.06. The van der Waals surface area contributed by atoms with Gasteiger partial charge in [0.25, 0.3) is 0 Å². The largest absolute Gasteiger partial charge is 0.467 e. The first kappa shape index (κ1) is 13.9. The fourth-order valence-electron chi connectivity index (χ4n) is 2.84. The molecule has 0 radical (unpaired) electrons. The van der Waals surface area contributed by atoms with Gasteiger partial charge in [0.1, 0.15) is 11.8 Å². The molecule has 1 aromatic carbocycles. The standard InChI is InChI=1S/C17H20N2O2/c1-12-9-10-18-15(12)17(20)19-16(14-8-5-11-21-14)13-6-3-2-4-7-13/h2-8,11-12,15-16,18H,9-10H2,1H3,(H,19,20). The van der Waals surface area contributed by atoms with E-state index in [-0.39, 0.29) is 18.0 Å². The summed E-state index contributed by atoms with van der Waals surface area (Å²) in [4.78, 5) is 12.5. The van der Waals surface area contributed by atoms with Crippen molar-refractivity contribution in [3.05, 3.63) is 60.1 Å². The van der Waals surface area contributed by atoms with E-state index >= 15 is 0 Å². The van der Waals surface area contributed by atoms with Gasteiger partial charge in [-0.05, 0) is 36.6 Å². The van der Waals surface area contributed by atoms with Crippen LogP contribution in [-0.2, 0) is 4.79 Å². The zero-order chi connectivity index (χ0) is 14.7. The van der Waals surface area contributed by atoms with Gasteiger partial charge < -0.3 is 15.1 Å². The third kappa shape index (κ3) is 3.00. The van der Waals surface area contributed by atoms with Crippen LogP contribution in [0.15, 0.2) is 53.1 Å². The van der Waals surface area contributed by atoms with E-state index in [2.05, 4.69) is 17.6 Å². The highest BCUT2D eigenvalue weighted by Crippen LogP contribution is 2.23. The summed E-state index contributed by atoms with van der Waals surface area (Å²) >= 11 is 0. The predicted octanol–water partition coefficient (Wildman–Crippen LogP) is 2.48. The van der Waals surface area contributed by atoms with Crippen molar-refractivity contribution in [2.45, 2.75) is 25.4 Å². The van der Waals surface area contributed by atoms with Gasteiger partial charge in [0, 0.05) is 0 Å². The number of hydrogen-bond donors (Lipinski definition) is 2. The molecule has 3 atom stereocenters. The van der Waals surface area contributed by atoms with Gasteiger partial charge in [0.2, 0.25) is 5.91 Å². The first-order chi connectivity index (χ1) is 10.3. The number of nitrogens with one attached hydrogen (secondary N) is 2. The van der Waals surface area contributed by atoms with E-state index in [9.17, 15) is 4.79 Å². The molecular formula is C17H20N2O2. The van der Waals surface area contributed by atoms with E-state index in [1.165, 1.54) is 0 Å². The summed E-state index contributed by atoms with van der Waals surface area (Å²) in [6.07, 6.45) is 2.67. The number of hydrogen-bond acceptors (Lipinski definition) is 3. The van der Waals surface area contributed by atoms with Gasteiger partial charge in [-0.15, -0.1) is 0 Å². The molecule has 2 aromatic rings. The van der Waals surface area contributed by atoms with Crippen molar-refractivity contribution in [2.24, 2.45) is 5.92 Å². The molecule has 3 rings (SSSR count). The fourth-order valence-corrected chi connectivity index (χ4v) is 2.84. The van der Waals surface area contributed by atoms with Crippen molar-refractivity contribution in [1.82, 2.24) is 10.6 Å². The van der Waals surface area contributed by atoms with Gasteiger partial charge in [-0.1, -0.05) is 37.3 Å². The Morgan fingerprint density at radius 1 is 1.29 bits per heavy atom. The second-order valence-corrected chi connectivity index (χ2v) is 5.57. The first-order valence-electron chi connectivity index (χ1n) is 7.38. The van der Waals surface area contributed by atoms with Crippen LogP contribution in [0.5, 0.6) is 0 Å². The topological polar surface area (TPSA) is 54.3 Å². The highest BCUT2D eigenvalue weighted by molar-refractivity contribution is 5.83. The molecule has 0 aliphatic carbocycles. The number of carbonyl (C=O) groups excluding carboxylic acids is 1. The molecule has 0 bridgehead atoms. The van der Waals surface area contributed by atoms with Crippen molar-refractivity contribution >= 4 is 5.91 Å². The highest BCUT2D eigenvalue weighted by atomic mass is 16.3. The zero-order valence-electron chi connectivity index (χ0n) is 12.1. The van der Waals surface area contributed by atoms with Crippen LogP contribution in [0.25, 0.3) is 0 Å². The summed E-state index contributed by atoms with van der Waals surface area (Å²) in [5, 5.41) is 6.38. The van der Waals surface area contributed by atoms with Crippen LogP contribution < -0.4 is 10.6 Å². The fraction of sp³-hybridized carbons (Fsp3) is 0.353. The van der Waals surface area contributed by atoms with E-state index in [1.807, 2.05) is 42.5 Å². The van der Waals surface area contributed by atoms with Crippen LogP contribution in [0.1, 0.15) is 30.7 Å². The molecule has 110 valence electrons. The Morgan fingerprint density at radius 2 is 2.10 bits per heavy atom. The third-order valence-electron chi connectivity index (χ3n) is 4.06. The monoisotopic (exact) mass is 284 g/mol. The second kappa shape index (κ2) is 6.14. The van der Waals surface area contributed by atoms with Gasteiger partial charge in [0.05, 0.1) is 12.3 Å². The van der Waals surface area contributed by atoms with Crippen molar-refractivity contribution in [1.29, 1.82) is 0 Å². The Hall–Kier alpha value is -2.07. The van der Waals surface area contributed by atoms with Crippen LogP contribution in [0.3, 0.4) is 0 Å². The van der Waals surface area contributed by atoms with Crippen LogP contribution in [0.2, 0.25) is 0 Å². The number of carbonyl (C=O) groups is 1. The van der Waals surface area contributed by atoms with E-state index in [4.69, 9.17) is 4.42 Å². The Labute approximate surface area is 124 Å². The molecule has 1 aromatic heterocycles. The lowest BCUT2D eigenvalue weighted by atomic mass is 10.0. The van der Waals surface area contributed by atoms with Crippen molar-refractivity contribution in [3.63, 3.8) is 0 Å². The van der Waals surface area contributed by atoms with Crippen molar-refractivity contribution < 1.29 is 9.21 Å². The molecule has 1 amide bonds. The number of furan rings is 1. The van der Waals surface area contributed by atoms with E-state index in [0.717, 1.165) is 24.3 Å². The molecule has 0 saturated carbocycles. The Balaban J connectivity index is 1.82. The first-order valence-corrected chi connectivity index (χ1v) is 7.38. The smallest absolute Gasteiger partial charge is 0.238 e. The minimum absolute atomic E-state index is 0.0326. The maximum absolute atomic E-state index is 12.5. The second-order valence-electron chi connectivity index (χ2n) is 5.57. The Morgan fingerprint density at radius 3 is 2.71 bits per heavy atom. The van der Waals surface area contributed by atoms with Gasteiger partial charge in [-0.2, -0.15) is 0 Å². The van der Waals surface area contributed by atoms with Crippen LogP contribution in [0.4, 0.5) is 0 Å². The highest BCUT2D eigenvalue weighted by Gasteiger charge is 2.31. The minimum atomic E-state index is -0.247. The average Bonchev–Trinajstić information content (AvgIpc) is 3.17. The SMILES string of the molecule is CC1CCNC1C(=O)NC(c1ccccc1)c1ccco1. The molecule has 2 heterocycles. The molecule has 1 saturated heterocycles. The van der Waals surface area contributed by atoms with E-state index in [1.54, 1.807) is 6.26 Å². The summed E-state index contributed by atoms with van der Waals surface area (Å²) in [5.41, 5.74) is 1.02. The molecule has 1 aliphatic heterocycles. The lowest BCUT2D eigenvalue weighted by Gasteiger charge is -2.21. The maximum Gasteiger partial charge on any atom is 0.238 e. The Bertz CT molecular complexity index is 580. The minimum Gasteiger partial charge on any atom is -0.467 e. The van der Waals surface area contributed by atoms with Gasteiger partial charge in [-0.3, -0.25) is 4.79 Å². The molecular weight excluding hydrogens is 264 g/mol. The molecule has 3 unspecified atom stereocenters. The van der Waals surface area contributed by atoms with Crippen LogP contribution in [-0.4, -0.2) is 18.5 Å². The molecule has 1 aliphatic rings. The summed E-state index contributed by atoms with van der Waals surface area (Å²) < 4.78 is 5.51. The maximum atomic E-state index is 12.5. The van der Waals surface area contributed by atoms with Crippen LogP contribution in [0, 0.1) is 5.92 Å². The molecule has 21 heavy (non-hydrogen) atoms. The quantitative estimate of drug-likeness (QED) is 0.907. The van der Waals surface area contributed by atoms with Gasteiger partial charge in [-0.25, -0.2) is 0 Å². The zero-order valence-corrected chi connectivity index (χ0v) is 12.1. The summed E-state index contributed by atoms with van der Waals surface area (Å²) in [6, 6.07) is 13.3. The summed E-state index contributed by atoms with van der Waals surface area (Å²) in [5.74, 6) is 1.14. The number of amides is 1. The normalized spacial score (nSPS) is 22.9. The van der Waals surface area contributed by atoms with E-state index < -0.39 is 0 Å². The predicted molar refractivity (Wildman–Crippen MR) is 80.7 cm³/mol. The molecule has 1 fully saturated rings. The molecule has 2 N–H and O–H groups in total. The average molecular weight is 284 g/mol. The molecule has 4 nitrogen and oxygen atoms in total. The summed E-state index contributed by atoms with van der Waals surface area (Å²) in [7, 11) is 0. The number of rotatable bonds is 4. The van der Waals surface area contributed by atoms with Crippen molar-refractivity contribution in [2.75, 3.05) is 6.54 Å². The van der Waals surface area contributed by atoms with Gasteiger partial charge in [0.15, 0.2) is 0 Å². The number of benzene rings is 1. The lowest BCUT2D eigenvalue weighted by Crippen LogP contribution is -2.44. The Kier molecular flexibility index (Phi) is 4.06. The molecule has 0 spiro atoms. The van der Waals surface area contributed by atoms with Crippen LogP contribution >= 0.6 is 0 Å². The summed E-state index contributed by atoms with van der Waals surface area (Å²) in [6.45, 7) is 3.00. The lowest BCUT2D eigenvalue weighted by molar-refractivity contribution is -0.124. The van der Waals surface area contributed by atoms with E-state index in [0.29, 0.717) is 5.92 Å².